The molecule has 2 aromatic rings. The summed E-state index contributed by atoms with van der Waals surface area (Å²) in [6, 6.07) is 12.0. The predicted molar refractivity (Wildman–Crippen MR) is 124 cm³/mol. The second kappa shape index (κ2) is 9.37. The summed E-state index contributed by atoms with van der Waals surface area (Å²) in [5.74, 6) is -1.00. The van der Waals surface area contributed by atoms with Crippen molar-refractivity contribution < 1.29 is 23.2 Å². The van der Waals surface area contributed by atoms with Crippen LogP contribution in [0.4, 0.5) is 13.6 Å². The van der Waals surface area contributed by atoms with Crippen LogP contribution in [0.1, 0.15) is 42.9 Å². The molecule has 2 heterocycles. The summed E-state index contributed by atoms with van der Waals surface area (Å²) in [4.78, 5) is 41.1. The number of carbonyl (C=O) groups excluding carboxylic acids is 3. The van der Waals surface area contributed by atoms with Crippen LogP contribution in [0.25, 0.3) is 0 Å². The zero-order valence-electron chi connectivity index (χ0n) is 19.3. The van der Waals surface area contributed by atoms with E-state index in [9.17, 15) is 23.2 Å². The van der Waals surface area contributed by atoms with Crippen molar-refractivity contribution >= 4 is 17.8 Å². The Morgan fingerprint density at radius 2 is 1.37 bits per heavy atom. The van der Waals surface area contributed by atoms with Crippen molar-refractivity contribution in [3.63, 3.8) is 0 Å². The third-order valence-electron chi connectivity index (χ3n) is 7.57. The van der Waals surface area contributed by atoms with Crippen molar-refractivity contribution in [3.05, 3.63) is 71.3 Å². The van der Waals surface area contributed by atoms with Crippen LogP contribution in [0.2, 0.25) is 0 Å². The molecule has 0 atom stereocenters. The van der Waals surface area contributed by atoms with Gasteiger partial charge in [-0.3, -0.25) is 19.8 Å². The lowest BCUT2D eigenvalue weighted by molar-refractivity contribution is -0.140. The van der Waals surface area contributed by atoms with Gasteiger partial charge in [0.2, 0.25) is 5.91 Å². The molecule has 9 heteroatoms. The number of piperazine rings is 1. The lowest BCUT2D eigenvalue weighted by atomic mass is 9.76. The number of carbonyl (C=O) groups is 3. The molecular formula is C26H28F2N4O3. The minimum atomic E-state index is -0.871. The first-order valence-corrected chi connectivity index (χ1v) is 12.0. The standard InChI is InChI=1S/C26H28F2N4O3/c27-20-5-1-17(2-6-20)22(18-3-7-21(28)8-4-18)31-13-15-32(16-14-31)23(33)19-9-11-26(12-10-19)24(34)29-25(35)30-26/h1-8,19,22H,9-16H2,(H2,29,30,34,35). The molecule has 4 amide bonds. The number of imide groups is 1. The van der Waals surface area contributed by atoms with Crippen LogP contribution in [-0.2, 0) is 9.59 Å². The van der Waals surface area contributed by atoms with E-state index < -0.39 is 11.6 Å². The molecule has 0 unspecified atom stereocenters. The van der Waals surface area contributed by atoms with Gasteiger partial charge < -0.3 is 10.2 Å². The molecule has 2 aromatic carbocycles. The maximum Gasteiger partial charge on any atom is 0.322 e. The second-order valence-corrected chi connectivity index (χ2v) is 9.63. The molecule has 2 saturated heterocycles. The van der Waals surface area contributed by atoms with Crippen molar-refractivity contribution in [1.82, 2.24) is 20.4 Å². The fraction of sp³-hybridized carbons (Fsp3) is 0.423. The maximum absolute atomic E-state index is 13.6. The molecule has 0 bridgehead atoms. The van der Waals surface area contributed by atoms with Crippen molar-refractivity contribution in [1.29, 1.82) is 0 Å². The smallest absolute Gasteiger partial charge is 0.322 e. The van der Waals surface area contributed by atoms with Crippen LogP contribution in [0.15, 0.2) is 48.5 Å². The Morgan fingerprint density at radius 1 is 0.857 bits per heavy atom. The highest BCUT2D eigenvalue weighted by Gasteiger charge is 2.49. The van der Waals surface area contributed by atoms with E-state index >= 15 is 0 Å². The van der Waals surface area contributed by atoms with E-state index in [0.717, 1.165) is 11.1 Å². The largest absolute Gasteiger partial charge is 0.340 e. The van der Waals surface area contributed by atoms with Crippen LogP contribution in [0.5, 0.6) is 0 Å². The first kappa shape index (κ1) is 23.4. The van der Waals surface area contributed by atoms with E-state index in [4.69, 9.17) is 0 Å². The van der Waals surface area contributed by atoms with E-state index in [2.05, 4.69) is 15.5 Å². The Hall–Kier alpha value is -3.33. The van der Waals surface area contributed by atoms with Gasteiger partial charge in [-0.05, 0) is 61.1 Å². The van der Waals surface area contributed by atoms with Gasteiger partial charge in [0, 0.05) is 32.1 Å². The molecule has 3 aliphatic rings. The molecule has 184 valence electrons. The number of rotatable bonds is 4. The number of nitrogens with zero attached hydrogens (tertiary/aromatic N) is 2. The maximum atomic E-state index is 13.6. The average molecular weight is 483 g/mol. The fourth-order valence-electron chi connectivity index (χ4n) is 5.60. The Kier molecular flexibility index (Phi) is 6.27. The Bertz CT molecular complexity index is 1060. The second-order valence-electron chi connectivity index (χ2n) is 9.63. The van der Waals surface area contributed by atoms with Gasteiger partial charge in [0.1, 0.15) is 17.2 Å². The Labute approximate surface area is 202 Å². The topological polar surface area (TPSA) is 81.8 Å². The van der Waals surface area contributed by atoms with Crippen molar-refractivity contribution in [2.45, 2.75) is 37.3 Å². The highest BCUT2D eigenvalue weighted by molar-refractivity contribution is 6.07. The summed E-state index contributed by atoms with van der Waals surface area (Å²) in [6.07, 6.45) is 2.03. The fourth-order valence-corrected chi connectivity index (χ4v) is 5.60. The number of benzene rings is 2. The number of hydrogen-bond donors (Lipinski definition) is 2. The van der Waals surface area contributed by atoms with Gasteiger partial charge in [-0.25, -0.2) is 13.6 Å². The van der Waals surface area contributed by atoms with Crippen molar-refractivity contribution in [2.24, 2.45) is 5.92 Å². The molecular weight excluding hydrogens is 454 g/mol. The molecule has 0 radical (unpaired) electrons. The zero-order valence-corrected chi connectivity index (χ0v) is 19.3. The molecule has 2 aliphatic heterocycles. The van der Waals surface area contributed by atoms with E-state index in [0.29, 0.717) is 51.9 Å². The third kappa shape index (κ3) is 4.65. The third-order valence-corrected chi connectivity index (χ3v) is 7.57. The zero-order chi connectivity index (χ0) is 24.6. The minimum absolute atomic E-state index is 0.0874. The summed E-state index contributed by atoms with van der Waals surface area (Å²) in [5, 5.41) is 5.04. The predicted octanol–water partition coefficient (Wildman–Crippen LogP) is 2.97. The number of halogens is 2. The highest BCUT2D eigenvalue weighted by atomic mass is 19.1. The van der Waals surface area contributed by atoms with Crippen LogP contribution in [0.3, 0.4) is 0 Å². The molecule has 1 aliphatic carbocycles. The van der Waals surface area contributed by atoms with E-state index in [1.807, 2.05) is 4.90 Å². The van der Waals surface area contributed by atoms with Gasteiger partial charge in [0.05, 0.1) is 6.04 Å². The molecule has 35 heavy (non-hydrogen) atoms. The van der Waals surface area contributed by atoms with Crippen LogP contribution in [0, 0.1) is 17.6 Å². The summed E-state index contributed by atoms with van der Waals surface area (Å²) in [6.45, 7) is 2.35. The van der Waals surface area contributed by atoms with Gasteiger partial charge >= 0.3 is 6.03 Å². The quantitative estimate of drug-likeness (QED) is 0.657. The SMILES string of the molecule is O=C1NC(=O)C2(CCC(C(=O)N3CCN(C(c4ccc(F)cc4)c4ccc(F)cc4)CC3)CC2)N1. The first-order valence-electron chi connectivity index (χ1n) is 12.0. The summed E-state index contributed by atoms with van der Waals surface area (Å²) < 4.78 is 27.1. The molecule has 1 saturated carbocycles. The van der Waals surface area contributed by atoms with E-state index in [1.54, 1.807) is 24.3 Å². The van der Waals surface area contributed by atoms with Gasteiger partial charge in [-0.2, -0.15) is 0 Å². The molecule has 5 rings (SSSR count). The Balaban J connectivity index is 1.24. The van der Waals surface area contributed by atoms with E-state index in [1.165, 1.54) is 24.3 Å². The highest BCUT2D eigenvalue weighted by Crippen LogP contribution is 2.36. The van der Waals surface area contributed by atoms with Crippen LogP contribution < -0.4 is 10.6 Å². The lowest BCUT2D eigenvalue weighted by Crippen LogP contribution is -2.54. The normalized spacial score (nSPS) is 25.1. The monoisotopic (exact) mass is 482 g/mol. The molecule has 2 N–H and O–H groups in total. The molecule has 1 spiro atoms. The van der Waals surface area contributed by atoms with Gasteiger partial charge in [-0.1, -0.05) is 24.3 Å². The summed E-state index contributed by atoms with van der Waals surface area (Å²) in [5.41, 5.74) is 0.948. The van der Waals surface area contributed by atoms with E-state index in [-0.39, 0.29) is 35.4 Å². The first-order chi connectivity index (χ1) is 16.8. The van der Waals surface area contributed by atoms with Crippen LogP contribution in [-0.4, -0.2) is 59.4 Å². The van der Waals surface area contributed by atoms with Crippen molar-refractivity contribution in [3.8, 4) is 0 Å². The summed E-state index contributed by atoms with van der Waals surface area (Å²) in [7, 11) is 0. The number of nitrogens with one attached hydrogen (secondary N) is 2. The number of urea groups is 1. The molecule has 3 fully saturated rings. The minimum Gasteiger partial charge on any atom is -0.340 e. The van der Waals surface area contributed by atoms with Gasteiger partial charge in [0.25, 0.3) is 5.91 Å². The number of amides is 4. The lowest BCUT2D eigenvalue weighted by Gasteiger charge is -2.42. The van der Waals surface area contributed by atoms with Gasteiger partial charge in [-0.15, -0.1) is 0 Å². The van der Waals surface area contributed by atoms with Crippen molar-refractivity contribution in [2.75, 3.05) is 26.2 Å². The van der Waals surface area contributed by atoms with Crippen LogP contribution >= 0.6 is 0 Å². The molecule has 0 aromatic heterocycles. The summed E-state index contributed by atoms with van der Waals surface area (Å²) >= 11 is 0. The average Bonchev–Trinajstić information content (AvgIpc) is 3.14. The van der Waals surface area contributed by atoms with Gasteiger partial charge in [0.15, 0.2) is 0 Å². The molecule has 7 nitrogen and oxygen atoms in total. The Morgan fingerprint density at radius 3 is 1.83 bits per heavy atom. The number of hydrogen-bond acceptors (Lipinski definition) is 4.